The van der Waals surface area contributed by atoms with Crippen molar-refractivity contribution in [2.75, 3.05) is 11.9 Å². The van der Waals surface area contributed by atoms with E-state index in [1.54, 1.807) is 31.2 Å². The lowest BCUT2D eigenvalue weighted by Crippen LogP contribution is -2.53. The molecule has 10 heteroatoms. The van der Waals surface area contributed by atoms with E-state index in [-0.39, 0.29) is 30.8 Å². The molecule has 0 unspecified atom stereocenters. The first-order valence-electron chi connectivity index (χ1n) is 10.4. The van der Waals surface area contributed by atoms with Gasteiger partial charge in [0, 0.05) is 23.6 Å². The van der Waals surface area contributed by atoms with Crippen LogP contribution in [0.15, 0.2) is 29.4 Å². The fraction of sp³-hybridized carbons (Fsp3) is 0.571. The number of rotatable bonds is 13. The maximum absolute atomic E-state index is 12.6. The number of nitrogens with zero attached hydrogens (tertiary/aromatic N) is 3. The maximum Gasteiger partial charge on any atom is 0.246 e. The molecule has 3 amide bonds. The monoisotopic (exact) mass is 432 g/mol. The highest BCUT2D eigenvalue weighted by Crippen LogP contribution is 2.10. The average molecular weight is 433 g/mol. The van der Waals surface area contributed by atoms with Gasteiger partial charge in [0.15, 0.2) is 0 Å². The summed E-state index contributed by atoms with van der Waals surface area (Å²) in [5, 5.41) is 20.6. The highest BCUT2D eigenvalue weighted by atomic mass is 16.3. The summed E-state index contributed by atoms with van der Waals surface area (Å²) in [6.07, 6.45) is 2.36. The third kappa shape index (κ3) is 9.97. The van der Waals surface area contributed by atoms with Gasteiger partial charge in [-0.15, -0.1) is 0 Å². The molecule has 10 nitrogen and oxygen atoms in total. The van der Waals surface area contributed by atoms with E-state index in [0.717, 1.165) is 12.0 Å². The minimum atomic E-state index is -0.802. The number of unbranched alkanes of at least 4 members (excludes halogenated alkanes) is 2. The van der Waals surface area contributed by atoms with Gasteiger partial charge in [0.25, 0.3) is 0 Å². The minimum absolute atomic E-state index is 0.0846. The zero-order valence-corrected chi connectivity index (χ0v) is 18.3. The summed E-state index contributed by atoms with van der Waals surface area (Å²) in [5.74, 6) is -1.21. The number of hydrogen-bond donors (Lipinski definition) is 4. The van der Waals surface area contributed by atoms with Gasteiger partial charge in [-0.2, -0.15) is 0 Å². The first-order valence-corrected chi connectivity index (χ1v) is 10.4. The lowest BCUT2D eigenvalue weighted by atomic mass is 10.0. The molecule has 31 heavy (non-hydrogen) atoms. The van der Waals surface area contributed by atoms with Crippen molar-refractivity contribution in [3.8, 4) is 0 Å². The molecule has 4 N–H and O–H groups in total. The number of hydrogen-bond acceptors (Lipinski definition) is 5. The van der Waals surface area contributed by atoms with Crippen molar-refractivity contribution in [3.63, 3.8) is 0 Å². The molecule has 0 bridgehead atoms. The normalized spacial score (nSPS) is 12.4. The molecule has 2 atom stereocenters. The van der Waals surface area contributed by atoms with E-state index in [2.05, 4.69) is 26.0 Å². The molecule has 0 radical (unpaired) electrons. The second-order valence-corrected chi connectivity index (χ2v) is 7.63. The summed E-state index contributed by atoms with van der Waals surface area (Å²) < 4.78 is 0. The van der Waals surface area contributed by atoms with Crippen molar-refractivity contribution < 1.29 is 19.5 Å². The molecule has 0 aliphatic heterocycles. The molecule has 1 rings (SSSR count). The van der Waals surface area contributed by atoms with Gasteiger partial charge in [-0.3, -0.25) is 14.4 Å². The molecule has 170 valence electrons. The van der Waals surface area contributed by atoms with Gasteiger partial charge in [-0.25, -0.2) is 0 Å². The molecule has 0 saturated heterocycles. The van der Waals surface area contributed by atoms with Crippen molar-refractivity contribution >= 4 is 23.4 Å². The summed E-state index contributed by atoms with van der Waals surface area (Å²) in [4.78, 5) is 39.9. The van der Waals surface area contributed by atoms with Crippen LogP contribution < -0.4 is 16.0 Å². The molecule has 1 aromatic rings. The molecular weight excluding hydrogens is 400 g/mol. The van der Waals surface area contributed by atoms with E-state index >= 15 is 0 Å². The molecule has 0 fully saturated rings. The predicted molar refractivity (Wildman–Crippen MR) is 118 cm³/mol. The summed E-state index contributed by atoms with van der Waals surface area (Å²) >= 11 is 0. The van der Waals surface area contributed by atoms with Crippen LogP contribution in [0.1, 0.15) is 52.0 Å². The lowest BCUT2D eigenvalue weighted by Gasteiger charge is -2.24. The van der Waals surface area contributed by atoms with Gasteiger partial charge >= 0.3 is 0 Å². The Balaban J connectivity index is 2.52. The standard InChI is InChI=1S/C21H32N6O4/c1-14(2)19(26-18(29)7-5-4-6-12-23-27-22)21(31)24-15(3)20(30)25-17-10-8-16(13-28)9-11-17/h8-11,14-15,19,28H,4-7,12-13H2,1-3H3,(H,24,31)(H,25,30)(H,26,29)/t15-,19-/m1/s1. The van der Waals surface area contributed by atoms with Crippen LogP contribution in [0, 0.1) is 5.92 Å². The number of carbonyl (C=O) groups is 3. The van der Waals surface area contributed by atoms with E-state index in [4.69, 9.17) is 10.6 Å². The van der Waals surface area contributed by atoms with Crippen molar-refractivity contribution in [1.82, 2.24) is 10.6 Å². The van der Waals surface area contributed by atoms with Gasteiger partial charge in [0.2, 0.25) is 17.7 Å². The molecule has 1 aromatic carbocycles. The molecule has 0 aliphatic carbocycles. The Morgan fingerprint density at radius 2 is 1.71 bits per heavy atom. The fourth-order valence-corrected chi connectivity index (χ4v) is 2.78. The average Bonchev–Trinajstić information content (AvgIpc) is 2.74. The largest absolute Gasteiger partial charge is 0.392 e. The predicted octanol–water partition coefficient (Wildman–Crippen LogP) is 2.63. The summed E-state index contributed by atoms with van der Waals surface area (Å²) in [6, 6.07) is 5.17. The quantitative estimate of drug-likeness (QED) is 0.163. The number of aliphatic hydroxyl groups is 1. The molecule has 0 saturated carbocycles. The Hall–Kier alpha value is -3.10. The third-order valence-electron chi connectivity index (χ3n) is 4.65. The third-order valence-corrected chi connectivity index (χ3v) is 4.65. The number of aliphatic hydroxyl groups excluding tert-OH is 1. The molecular formula is C21H32N6O4. The number of nitrogens with one attached hydrogen (secondary N) is 3. The van der Waals surface area contributed by atoms with E-state index in [9.17, 15) is 14.4 Å². The zero-order chi connectivity index (χ0) is 23.2. The number of anilines is 1. The molecule has 0 aliphatic rings. The van der Waals surface area contributed by atoms with Gasteiger partial charge in [-0.1, -0.05) is 37.5 Å². The van der Waals surface area contributed by atoms with Gasteiger partial charge in [0.05, 0.1) is 6.61 Å². The second kappa shape index (κ2) is 14.0. The maximum atomic E-state index is 12.6. The van der Waals surface area contributed by atoms with Gasteiger partial charge < -0.3 is 21.1 Å². The topological polar surface area (TPSA) is 156 Å². The van der Waals surface area contributed by atoms with Crippen LogP contribution in [0.5, 0.6) is 0 Å². The van der Waals surface area contributed by atoms with Gasteiger partial charge in [0.1, 0.15) is 12.1 Å². The number of benzene rings is 1. The second-order valence-electron chi connectivity index (χ2n) is 7.63. The number of carbonyl (C=O) groups excluding carboxylic acids is 3. The van der Waals surface area contributed by atoms with E-state index in [1.165, 1.54) is 0 Å². The summed E-state index contributed by atoms with van der Waals surface area (Å²) in [5.41, 5.74) is 9.51. The Morgan fingerprint density at radius 3 is 2.29 bits per heavy atom. The van der Waals surface area contributed by atoms with Crippen LogP contribution >= 0.6 is 0 Å². The highest BCUT2D eigenvalue weighted by Gasteiger charge is 2.26. The lowest BCUT2D eigenvalue weighted by molar-refractivity contribution is -0.131. The SMILES string of the molecule is CC(C)[C@@H](NC(=O)CCCCCN=[N+]=[N-])C(=O)N[C@H](C)C(=O)Nc1ccc(CO)cc1. The number of azide groups is 1. The molecule has 0 aromatic heterocycles. The smallest absolute Gasteiger partial charge is 0.246 e. The van der Waals surface area contributed by atoms with Crippen LogP contribution in [-0.4, -0.2) is 41.5 Å². The molecule has 0 spiro atoms. The van der Waals surface area contributed by atoms with Crippen molar-refractivity contribution in [3.05, 3.63) is 40.3 Å². The Bertz CT molecular complexity index is 775. The first kappa shape index (κ1) is 25.9. The fourth-order valence-electron chi connectivity index (χ4n) is 2.78. The van der Waals surface area contributed by atoms with Crippen LogP contribution in [0.3, 0.4) is 0 Å². The van der Waals surface area contributed by atoms with E-state index in [1.807, 2.05) is 13.8 Å². The number of amides is 3. The first-order chi connectivity index (χ1) is 14.8. The van der Waals surface area contributed by atoms with Crippen LogP contribution in [0.4, 0.5) is 5.69 Å². The minimum Gasteiger partial charge on any atom is -0.392 e. The van der Waals surface area contributed by atoms with Gasteiger partial charge in [-0.05, 0) is 48.9 Å². The summed E-state index contributed by atoms with van der Waals surface area (Å²) in [7, 11) is 0. The Labute approximate surface area is 182 Å². The van der Waals surface area contributed by atoms with E-state index in [0.29, 0.717) is 25.1 Å². The summed E-state index contributed by atoms with van der Waals surface area (Å²) in [6.45, 7) is 5.52. The zero-order valence-electron chi connectivity index (χ0n) is 18.3. The highest BCUT2D eigenvalue weighted by molar-refractivity contribution is 5.98. The van der Waals surface area contributed by atoms with Crippen molar-refractivity contribution in [2.45, 2.75) is 65.1 Å². The van der Waals surface area contributed by atoms with Crippen LogP contribution in [-0.2, 0) is 21.0 Å². The van der Waals surface area contributed by atoms with Crippen LogP contribution in [0.2, 0.25) is 0 Å². The van der Waals surface area contributed by atoms with Crippen molar-refractivity contribution in [1.29, 1.82) is 0 Å². The molecule has 0 heterocycles. The Kier molecular flexibility index (Phi) is 11.7. The van der Waals surface area contributed by atoms with Crippen LogP contribution in [0.25, 0.3) is 10.4 Å². The van der Waals surface area contributed by atoms with E-state index < -0.39 is 18.0 Å². The Morgan fingerprint density at radius 1 is 1.03 bits per heavy atom. The van der Waals surface area contributed by atoms with Crippen molar-refractivity contribution in [2.24, 2.45) is 11.0 Å².